The molecule has 2 aromatic heterocycles. The van der Waals surface area contributed by atoms with Gasteiger partial charge in [-0.25, -0.2) is 4.98 Å². The normalized spacial score (nSPS) is 19.6. The number of fused-ring (bicyclic) bond motifs is 1. The molecule has 1 fully saturated rings. The van der Waals surface area contributed by atoms with Gasteiger partial charge in [-0.2, -0.15) is 0 Å². The van der Waals surface area contributed by atoms with E-state index in [9.17, 15) is 9.59 Å². The minimum Gasteiger partial charge on any atom is -0.467 e. The van der Waals surface area contributed by atoms with Crippen molar-refractivity contribution in [3.8, 4) is 0 Å². The van der Waals surface area contributed by atoms with Crippen molar-refractivity contribution in [3.63, 3.8) is 0 Å². The zero-order valence-corrected chi connectivity index (χ0v) is 17.5. The van der Waals surface area contributed by atoms with Gasteiger partial charge >= 0.3 is 0 Å². The maximum atomic E-state index is 13.1. The van der Waals surface area contributed by atoms with Gasteiger partial charge in [-0.05, 0) is 42.5 Å². The highest BCUT2D eigenvalue weighted by Crippen LogP contribution is 2.24. The summed E-state index contributed by atoms with van der Waals surface area (Å²) >= 11 is 1.32. The van der Waals surface area contributed by atoms with E-state index in [4.69, 9.17) is 4.42 Å². The van der Waals surface area contributed by atoms with Crippen LogP contribution in [0.3, 0.4) is 0 Å². The molecule has 2 atom stereocenters. The number of nitrogens with zero attached hydrogens (tertiary/aromatic N) is 3. The lowest BCUT2D eigenvalue weighted by Crippen LogP contribution is -2.43. The molecule has 0 radical (unpaired) electrons. The second kappa shape index (κ2) is 8.45. The first-order valence-electron chi connectivity index (χ1n) is 9.94. The molecule has 152 valence electrons. The number of hydrogen-bond donors (Lipinski definition) is 0. The molecular weight excluding hydrogens is 386 g/mol. The average Bonchev–Trinajstić information content (AvgIpc) is 3.21. The molecule has 1 aliphatic heterocycles. The molecule has 0 saturated carbocycles. The molecule has 6 nitrogen and oxygen atoms in total. The molecule has 4 rings (SSSR count). The van der Waals surface area contributed by atoms with Gasteiger partial charge in [0, 0.05) is 13.1 Å². The third-order valence-electron chi connectivity index (χ3n) is 5.27. The van der Waals surface area contributed by atoms with Crippen molar-refractivity contribution in [1.29, 1.82) is 0 Å². The van der Waals surface area contributed by atoms with Crippen LogP contribution in [-0.4, -0.2) is 39.2 Å². The Balaban J connectivity index is 1.60. The molecule has 7 heteroatoms. The van der Waals surface area contributed by atoms with E-state index in [-0.39, 0.29) is 23.8 Å². The molecule has 0 N–H and O–H groups in total. The first-order chi connectivity index (χ1) is 14.0. The number of benzene rings is 1. The number of furan rings is 1. The molecule has 2 unspecified atom stereocenters. The lowest BCUT2D eigenvalue weighted by Gasteiger charge is -2.35. The number of carbonyl (C=O) groups is 1. The fourth-order valence-corrected chi connectivity index (χ4v) is 4.94. The predicted octanol–water partition coefficient (Wildman–Crippen LogP) is 3.63. The number of likely N-dealkylation sites (tertiary alicyclic amines) is 1. The van der Waals surface area contributed by atoms with Gasteiger partial charge in [-0.15, -0.1) is 0 Å². The standard InChI is InChI=1S/C22H25N3O3S/c1-15-10-16(2)12-24(11-15)20(26)14-29-22-23-19-8-4-3-7-18(19)21(27)25(22)13-17-6-5-9-28-17/h3-9,15-16H,10-14H2,1-2H3. The van der Waals surface area contributed by atoms with Crippen LogP contribution in [0.2, 0.25) is 0 Å². The number of hydrogen-bond acceptors (Lipinski definition) is 5. The lowest BCUT2D eigenvalue weighted by molar-refractivity contribution is -0.130. The van der Waals surface area contributed by atoms with E-state index in [0.717, 1.165) is 19.5 Å². The summed E-state index contributed by atoms with van der Waals surface area (Å²) in [6, 6.07) is 10.9. The molecule has 3 aromatic rings. The third-order valence-corrected chi connectivity index (χ3v) is 6.23. The van der Waals surface area contributed by atoms with E-state index >= 15 is 0 Å². The summed E-state index contributed by atoms with van der Waals surface area (Å²) in [5.41, 5.74) is 0.519. The number of carbonyl (C=O) groups excluding carboxylic acids is 1. The van der Waals surface area contributed by atoms with E-state index in [1.165, 1.54) is 11.8 Å². The Morgan fingerprint density at radius 3 is 2.66 bits per heavy atom. The first kappa shape index (κ1) is 19.8. The molecule has 0 bridgehead atoms. The summed E-state index contributed by atoms with van der Waals surface area (Å²) in [5.74, 6) is 2.08. The average molecular weight is 412 g/mol. The van der Waals surface area contributed by atoms with Gasteiger partial charge in [0.1, 0.15) is 5.76 Å². The van der Waals surface area contributed by atoms with Crippen molar-refractivity contribution in [2.45, 2.75) is 32.0 Å². The smallest absolute Gasteiger partial charge is 0.262 e. The highest BCUT2D eigenvalue weighted by Gasteiger charge is 2.25. The summed E-state index contributed by atoms with van der Waals surface area (Å²) in [5, 5.41) is 1.10. The number of para-hydroxylation sites is 1. The van der Waals surface area contributed by atoms with Crippen LogP contribution < -0.4 is 5.56 Å². The largest absolute Gasteiger partial charge is 0.467 e. The fourth-order valence-electron chi connectivity index (χ4n) is 4.04. The van der Waals surface area contributed by atoms with E-state index in [2.05, 4.69) is 18.8 Å². The molecule has 1 aromatic carbocycles. The predicted molar refractivity (Wildman–Crippen MR) is 114 cm³/mol. The highest BCUT2D eigenvalue weighted by molar-refractivity contribution is 7.99. The zero-order valence-electron chi connectivity index (χ0n) is 16.7. The van der Waals surface area contributed by atoms with Gasteiger partial charge in [-0.1, -0.05) is 37.7 Å². The number of rotatable bonds is 5. The third kappa shape index (κ3) is 4.40. The van der Waals surface area contributed by atoms with E-state index in [1.807, 2.05) is 29.2 Å². The second-order valence-corrected chi connectivity index (χ2v) is 8.86. The Bertz CT molecular complexity index is 1050. The Morgan fingerprint density at radius 2 is 1.93 bits per heavy atom. The lowest BCUT2D eigenvalue weighted by atomic mass is 9.92. The molecule has 0 spiro atoms. The molecule has 1 amide bonds. The minimum absolute atomic E-state index is 0.0976. The van der Waals surface area contributed by atoms with E-state index < -0.39 is 0 Å². The summed E-state index contributed by atoms with van der Waals surface area (Å²) < 4.78 is 7.03. The molecule has 1 aliphatic rings. The van der Waals surface area contributed by atoms with Gasteiger partial charge in [0.05, 0.1) is 29.5 Å². The molecule has 0 aliphatic carbocycles. The van der Waals surface area contributed by atoms with Crippen molar-refractivity contribution in [3.05, 3.63) is 58.8 Å². The number of thioether (sulfide) groups is 1. The van der Waals surface area contributed by atoms with Crippen LogP contribution in [0, 0.1) is 11.8 Å². The molecule has 29 heavy (non-hydrogen) atoms. The van der Waals surface area contributed by atoms with Crippen LogP contribution in [0.4, 0.5) is 0 Å². The van der Waals surface area contributed by atoms with Gasteiger partial charge in [0.15, 0.2) is 5.16 Å². The van der Waals surface area contributed by atoms with Crippen LogP contribution in [0.25, 0.3) is 10.9 Å². The second-order valence-electron chi connectivity index (χ2n) is 7.92. The van der Waals surface area contributed by atoms with Crippen molar-refractivity contribution in [1.82, 2.24) is 14.5 Å². The van der Waals surface area contributed by atoms with Crippen LogP contribution >= 0.6 is 11.8 Å². The van der Waals surface area contributed by atoms with Crippen molar-refractivity contribution in [2.75, 3.05) is 18.8 Å². The van der Waals surface area contributed by atoms with Gasteiger partial charge < -0.3 is 9.32 Å². The highest BCUT2D eigenvalue weighted by atomic mass is 32.2. The number of piperidine rings is 1. The van der Waals surface area contributed by atoms with Crippen molar-refractivity contribution in [2.24, 2.45) is 11.8 Å². The number of amides is 1. The summed E-state index contributed by atoms with van der Waals surface area (Å²) in [7, 11) is 0. The number of aromatic nitrogens is 2. The Kier molecular flexibility index (Phi) is 5.76. The Morgan fingerprint density at radius 1 is 1.17 bits per heavy atom. The van der Waals surface area contributed by atoms with Gasteiger partial charge in [0.25, 0.3) is 5.56 Å². The maximum absolute atomic E-state index is 13.1. The van der Waals surface area contributed by atoms with Crippen molar-refractivity contribution < 1.29 is 9.21 Å². The van der Waals surface area contributed by atoms with Gasteiger partial charge in [0.2, 0.25) is 5.91 Å². The SMILES string of the molecule is CC1CC(C)CN(C(=O)CSc2nc3ccccc3c(=O)n2Cc2ccco2)C1. The Labute approximate surface area is 173 Å². The van der Waals surface area contributed by atoms with Crippen LogP contribution in [0.15, 0.2) is 57.0 Å². The van der Waals surface area contributed by atoms with Crippen LogP contribution in [0.5, 0.6) is 0 Å². The van der Waals surface area contributed by atoms with E-state index in [0.29, 0.717) is 33.7 Å². The zero-order chi connectivity index (χ0) is 20.4. The van der Waals surface area contributed by atoms with Crippen LogP contribution in [-0.2, 0) is 11.3 Å². The van der Waals surface area contributed by atoms with Crippen molar-refractivity contribution >= 4 is 28.6 Å². The molecule has 1 saturated heterocycles. The van der Waals surface area contributed by atoms with Crippen LogP contribution in [0.1, 0.15) is 26.0 Å². The first-order valence-corrected chi connectivity index (χ1v) is 10.9. The summed E-state index contributed by atoms with van der Waals surface area (Å²) in [6.07, 6.45) is 2.75. The quantitative estimate of drug-likeness (QED) is 0.474. The molecular formula is C22H25N3O3S. The summed E-state index contributed by atoms with van der Waals surface area (Å²) in [6.45, 7) is 6.27. The summed E-state index contributed by atoms with van der Waals surface area (Å²) in [4.78, 5) is 32.5. The fraction of sp³-hybridized carbons (Fsp3) is 0.409. The Hall–Kier alpha value is -2.54. The topological polar surface area (TPSA) is 68.3 Å². The maximum Gasteiger partial charge on any atom is 0.262 e. The monoisotopic (exact) mass is 411 g/mol. The molecule has 3 heterocycles. The van der Waals surface area contributed by atoms with E-state index in [1.54, 1.807) is 23.0 Å². The van der Waals surface area contributed by atoms with Gasteiger partial charge in [-0.3, -0.25) is 14.2 Å². The minimum atomic E-state index is -0.123.